The Morgan fingerprint density at radius 3 is 2.24 bits per heavy atom. The smallest absolute Gasteiger partial charge is 0.321 e. The van der Waals surface area contributed by atoms with Gasteiger partial charge in [0.25, 0.3) is 0 Å². The van der Waals surface area contributed by atoms with E-state index < -0.39 is 27.5 Å². The number of carbonyl (C=O) groups excluding carboxylic acids is 2. The fraction of sp³-hybridized carbons (Fsp3) is 0.278. The van der Waals surface area contributed by atoms with Crippen molar-refractivity contribution in [2.45, 2.75) is 24.7 Å². The van der Waals surface area contributed by atoms with Crippen LogP contribution in [0.15, 0.2) is 47.5 Å². The van der Waals surface area contributed by atoms with Crippen molar-refractivity contribution < 1.29 is 22.7 Å². The van der Waals surface area contributed by atoms with Crippen LogP contribution in [0.4, 0.5) is 0 Å². The lowest BCUT2D eigenvalue weighted by Gasteiger charge is -2.15. The number of pyridine rings is 1. The largest absolute Gasteiger partial charge is 0.465 e. The normalized spacial score (nSPS) is 12.4. The number of carbonyl (C=O) groups is 2. The first kappa shape index (κ1) is 18.8. The molecule has 0 saturated heterocycles. The van der Waals surface area contributed by atoms with Crippen molar-refractivity contribution in [3.05, 3.63) is 59.4 Å². The van der Waals surface area contributed by atoms with E-state index in [1.165, 1.54) is 30.5 Å². The Morgan fingerprint density at radius 2 is 1.76 bits per heavy atom. The second-order valence-electron chi connectivity index (χ2n) is 5.58. The maximum Gasteiger partial charge on any atom is 0.321 e. The van der Waals surface area contributed by atoms with E-state index in [4.69, 9.17) is 4.74 Å². The van der Waals surface area contributed by atoms with Crippen LogP contribution >= 0.6 is 0 Å². The number of hydrogen-bond donors (Lipinski definition) is 0. The van der Waals surface area contributed by atoms with Crippen LogP contribution in [0.1, 0.15) is 34.5 Å². The van der Waals surface area contributed by atoms with E-state index in [-0.39, 0.29) is 17.1 Å². The molecule has 2 rings (SSSR count). The van der Waals surface area contributed by atoms with Crippen LogP contribution in [0.25, 0.3) is 0 Å². The Hall–Kier alpha value is -2.54. The predicted molar refractivity (Wildman–Crippen MR) is 92.2 cm³/mol. The summed E-state index contributed by atoms with van der Waals surface area (Å²) < 4.78 is 28.2. The van der Waals surface area contributed by atoms with Gasteiger partial charge in [-0.05, 0) is 43.7 Å². The molecule has 1 unspecified atom stereocenters. The monoisotopic (exact) mass is 361 g/mol. The highest BCUT2D eigenvalue weighted by molar-refractivity contribution is 7.90. The van der Waals surface area contributed by atoms with Crippen LogP contribution in [0, 0.1) is 6.92 Å². The molecular weight excluding hydrogens is 342 g/mol. The predicted octanol–water partition coefficient (Wildman–Crippen LogP) is 2.32. The first-order chi connectivity index (χ1) is 11.7. The van der Waals surface area contributed by atoms with Crippen molar-refractivity contribution in [2.75, 3.05) is 12.9 Å². The van der Waals surface area contributed by atoms with Gasteiger partial charge in [0.2, 0.25) is 0 Å². The third-order valence-electron chi connectivity index (χ3n) is 3.62. The zero-order valence-electron chi connectivity index (χ0n) is 14.2. The van der Waals surface area contributed by atoms with E-state index >= 15 is 0 Å². The van der Waals surface area contributed by atoms with Crippen LogP contribution in [0.2, 0.25) is 0 Å². The van der Waals surface area contributed by atoms with Crippen LogP contribution in [0.5, 0.6) is 0 Å². The highest BCUT2D eigenvalue weighted by Crippen LogP contribution is 2.24. The van der Waals surface area contributed by atoms with Gasteiger partial charge in [-0.15, -0.1) is 0 Å². The Bertz CT molecular complexity index is 871. The molecule has 1 atom stereocenters. The third-order valence-corrected chi connectivity index (χ3v) is 4.75. The van der Waals surface area contributed by atoms with E-state index in [0.717, 1.165) is 11.9 Å². The quantitative estimate of drug-likeness (QED) is 0.445. The maximum atomic E-state index is 12.8. The number of aryl methyl sites for hydroxylation is 1. The number of ketones is 1. The minimum Gasteiger partial charge on any atom is -0.465 e. The standard InChI is InChI=1S/C18H19NO5S/c1-4-24-18(21)16(17(20)14-6-5-12(2)19-11-14)13-7-9-15(10-8-13)25(3,22)23/h5-11,16H,4H2,1-3H3. The molecule has 1 aromatic heterocycles. The Labute approximate surface area is 146 Å². The second-order valence-corrected chi connectivity index (χ2v) is 7.59. The van der Waals surface area contributed by atoms with Crippen molar-refractivity contribution >= 4 is 21.6 Å². The molecule has 132 valence electrons. The zero-order valence-corrected chi connectivity index (χ0v) is 15.0. The van der Waals surface area contributed by atoms with Crippen LogP contribution in [-0.4, -0.2) is 38.0 Å². The van der Waals surface area contributed by atoms with Gasteiger partial charge in [0.1, 0.15) is 5.92 Å². The van der Waals surface area contributed by atoms with E-state index in [2.05, 4.69) is 4.98 Å². The highest BCUT2D eigenvalue weighted by atomic mass is 32.2. The van der Waals surface area contributed by atoms with Gasteiger partial charge >= 0.3 is 5.97 Å². The molecule has 0 aliphatic carbocycles. The number of Topliss-reactive ketones (excluding diaryl/α,β-unsaturated/α-hetero) is 1. The van der Waals surface area contributed by atoms with Gasteiger partial charge in [-0.25, -0.2) is 8.42 Å². The highest BCUT2D eigenvalue weighted by Gasteiger charge is 2.31. The van der Waals surface area contributed by atoms with E-state index in [9.17, 15) is 18.0 Å². The third kappa shape index (κ3) is 4.51. The molecule has 0 amide bonds. The van der Waals surface area contributed by atoms with Gasteiger partial charge < -0.3 is 4.74 Å². The lowest BCUT2D eigenvalue weighted by molar-refractivity contribution is -0.143. The lowest BCUT2D eigenvalue weighted by Crippen LogP contribution is -2.24. The molecule has 0 fully saturated rings. The molecule has 0 bridgehead atoms. The summed E-state index contributed by atoms with van der Waals surface area (Å²) in [6, 6.07) is 8.94. The summed E-state index contributed by atoms with van der Waals surface area (Å²) in [5.41, 5.74) is 1.41. The molecule has 0 aliphatic rings. The molecule has 0 N–H and O–H groups in total. The van der Waals surface area contributed by atoms with Crippen LogP contribution in [0.3, 0.4) is 0 Å². The number of sulfone groups is 1. The minimum absolute atomic E-state index is 0.114. The minimum atomic E-state index is -3.36. The molecule has 0 spiro atoms. The van der Waals surface area contributed by atoms with Crippen molar-refractivity contribution in [1.82, 2.24) is 4.98 Å². The molecule has 2 aromatic rings. The number of nitrogens with zero attached hydrogens (tertiary/aromatic N) is 1. The van der Waals surface area contributed by atoms with Gasteiger partial charge in [-0.3, -0.25) is 14.6 Å². The average molecular weight is 361 g/mol. The van der Waals surface area contributed by atoms with Crippen molar-refractivity contribution in [3.63, 3.8) is 0 Å². The van der Waals surface area contributed by atoms with Crippen LogP contribution in [-0.2, 0) is 19.4 Å². The molecule has 7 heteroatoms. The first-order valence-corrected chi connectivity index (χ1v) is 9.56. The molecule has 0 saturated carbocycles. The second kappa shape index (κ2) is 7.57. The maximum absolute atomic E-state index is 12.8. The number of esters is 1. The summed E-state index contributed by atoms with van der Waals surface area (Å²) in [6.45, 7) is 3.58. The Balaban J connectivity index is 2.44. The number of benzene rings is 1. The van der Waals surface area contributed by atoms with Gasteiger partial charge in [0, 0.05) is 23.7 Å². The summed E-state index contributed by atoms with van der Waals surface area (Å²) in [5, 5.41) is 0. The molecule has 0 aliphatic heterocycles. The first-order valence-electron chi connectivity index (χ1n) is 7.67. The van der Waals surface area contributed by atoms with E-state index in [0.29, 0.717) is 5.56 Å². The number of aromatic nitrogens is 1. The zero-order chi connectivity index (χ0) is 18.6. The van der Waals surface area contributed by atoms with Crippen molar-refractivity contribution in [3.8, 4) is 0 Å². The molecule has 1 aromatic carbocycles. The Morgan fingerprint density at radius 1 is 1.12 bits per heavy atom. The summed E-state index contributed by atoms with van der Waals surface area (Å²) in [6.07, 6.45) is 2.50. The summed E-state index contributed by atoms with van der Waals surface area (Å²) in [5.74, 6) is -2.30. The molecule has 0 radical (unpaired) electrons. The summed E-state index contributed by atoms with van der Waals surface area (Å²) in [4.78, 5) is 29.3. The number of hydrogen-bond acceptors (Lipinski definition) is 6. The van der Waals surface area contributed by atoms with E-state index in [1.54, 1.807) is 26.0 Å². The number of ether oxygens (including phenoxy) is 1. The van der Waals surface area contributed by atoms with Gasteiger partial charge in [-0.2, -0.15) is 0 Å². The SMILES string of the molecule is CCOC(=O)C(C(=O)c1ccc(C)nc1)c1ccc(S(C)(=O)=O)cc1. The fourth-order valence-electron chi connectivity index (χ4n) is 2.31. The van der Waals surface area contributed by atoms with E-state index in [1.807, 2.05) is 0 Å². The molecule has 1 heterocycles. The van der Waals surface area contributed by atoms with Gasteiger partial charge in [0.15, 0.2) is 15.6 Å². The van der Waals surface area contributed by atoms with Crippen molar-refractivity contribution in [2.24, 2.45) is 0 Å². The summed E-state index contributed by atoms with van der Waals surface area (Å²) in [7, 11) is -3.36. The van der Waals surface area contributed by atoms with Crippen LogP contribution < -0.4 is 0 Å². The molecular formula is C18H19NO5S. The molecule has 25 heavy (non-hydrogen) atoms. The summed E-state index contributed by atoms with van der Waals surface area (Å²) >= 11 is 0. The van der Waals surface area contributed by atoms with Crippen molar-refractivity contribution in [1.29, 1.82) is 0 Å². The van der Waals surface area contributed by atoms with Gasteiger partial charge in [0.05, 0.1) is 11.5 Å². The fourth-order valence-corrected chi connectivity index (χ4v) is 2.94. The average Bonchev–Trinajstić information content (AvgIpc) is 2.55. The number of rotatable bonds is 6. The Kier molecular flexibility index (Phi) is 5.69. The topological polar surface area (TPSA) is 90.4 Å². The lowest BCUT2D eigenvalue weighted by atomic mass is 9.91. The molecule has 6 nitrogen and oxygen atoms in total. The van der Waals surface area contributed by atoms with Gasteiger partial charge in [-0.1, -0.05) is 12.1 Å².